The maximum atomic E-state index is 5.13. The molecule has 1 aliphatic carbocycles. The van der Waals surface area contributed by atoms with E-state index in [0.717, 1.165) is 24.8 Å². The van der Waals surface area contributed by atoms with E-state index in [1.54, 1.807) is 0 Å². The van der Waals surface area contributed by atoms with Crippen LogP contribution in [0.1, 0.15) is 37.4 Å². The molecule has 0 radical (unpaired) electrons. The van der Waals surface area contributed by atoms with Gasteiger partial charge < -0.3 is 4.98 Å². The van der Waals surface area contributed by atoms with Crippen molar-refractivity contribution in [1.29, 1.82) is 0 Å². The molecule has 98 valence electrons. The van der Waals surface area contributed by atoms with Crippen LogP contribution in [0.25, 0.3) is 0 Å². The van der Waals surface area contributed by atoms with Crippen molar-refractivity contribution in [2.24, 2.45) is 5.92 Å². The average molecular weight is 263 g/mol. The Morgan fingerprint density at radius 1 is 1.50 bits per heavy atom. The van der Waals surface area contributed by atoms with Gasteiger partial charge in [0.1, 0.15) is 0 Å². The summed E-state index contributed by atoms with van der Waals surface area (Å²) in [4.78, 5) is 10.2. The van der Waals surface area contributed by atoms with E-state index in [-0.39, 0.29) is 0 Å². The molecule has 0 aromatic carbocycles. The van der Waals surface area contributed by atoms with Gasteiger partial charge in [0.25, 0.3) is 0 Å². The zero-order valence-corrected chi connectivity index (χ0v) is 11.8. The second kappa shape index (κ2) is 5.10. The highest BCUT2D eigenvalue weighted by atomic mass is 32.1. The first-order chi connectivity index (χ1) is 8.78. The van der Waals surface area contributed by atoms with Crippen LogP contribution < -0.4 is 0 Å². The topological polar surface area (TPSA) is 31.9 Å². The quantitative estimate of drug-likeness (QED) is 0.833. The van der Waals surface area contributed by atoms with Crippen molar-refractivity contribution in [2.45, 2.75) is 45.1 Å². The highest BCUT2D eigenvalue weighted by Gasteiger charge is 2.35. The lowest BCUT2D eigenvalue weighted by Gasteiger charge is -2.44. The fraction of sp³-hybridized carbons (Fsp3) is 0.714. The zero-order valence-electron chi connectivity index (χ0n) is 11.0. The molecule has 1 fully saturated rings. The van der Waals surface area contributed by atoms with Gasteiger partial charge in [0, 0.05) is 17.9 Å². The van der Waals surface area contributed by atoms with Crippen LogP contribution in [0.15, 0.2) is 6.20 Å². The van der Waals surface area contributed by atoms with Crippen LogP contribution in [0.3, 0.4) is 0 Å². The van der Waals surface area contributed by atoms with Gasteiger partial charge in [0.2, 0.25) is 0 Å². The lowest BCUT2D eigenvalue weighted by Crippen LogP contribution is -2.49. The molecule has 1 saturated heterocycles. The van der Waals surface area contributed by atoms with E-state index in [0.29, 0.717) is 4.77 Å². The van der Waals surface area contributed by atoms with E-state index in [1.165, 1.54) is 43.6 Å². The Morgan fingerprint density at radius 2 is 2.39 bits per heavy atom. The summed E-state index contributed by atoms with van der Waals surface area (Å²) in [6.07, 6.45) is 8.27. The second-order valence-electron chi connectivity index (χ2n) is 5.61. The molecular formula is C14H21N3S. The Hall–Kier alpha value is -0.740. The molecular weight excluding hydrogens is 242 g/mol. The van der Waals surface area contributed by atoms with E-state index in [2.05, 4.69) is 21.8 Å². The number of rotatable bonds is 2. The third-order valence-electron chi connectivity index (χ3n) is 4.42. The fourth-order valence-corrected chi connectivity index (χ4v) is 3.79. The van der Waals surface area contributed by atoms with Crippen molar-refractivity contribution in [3.05, 3.63) is 22.2 Å². The van der Waals surface area contributed by atoms with Crippen molar-refractivity contribution in [3.63, 3.8) is 0 Å². The van der Waals surface area contributed by atoms with Gasteiger partial charge in [-0.1, -0.05) is 6.92 Å². The molecule has 1 N–H and O–H groups in total. The van der Waals surface area contributed by atoms with Gasteiger partial charge in [-0.05, 0) is 68.9 Å². The Bertz CT molecular complexity index is 480. The molecule has 0 amide bonds. The van der Waals surface area contributed by atoms with Crippen LogP contribution in [0.5, 0.6) is 0 Å². The van der Waals surface area contributed by atoms with Crippen molar-refractivity contribution < 1.29 is 0 Å². The van der Waals surface area contributed by atoms with Gasteiger partial charge in [0.05, 0.1) is 0 Å². The minimum absolute atomic E-state index is 0.633. The molecule has 3 nitrogen and oxygen atoms in total. The Kier molecular flexibility index (Phi) is 3.48. The van der Waals surface area contributed by atoms with E-state index in [1.807, 2.05) is 6.20 Å². The van der Waals surface area contributed by atoms with Gasteiger partial charge in [0.15, 0.2) is 4.77 Å². The molecule has 0 bridgehead atoms. The van der Waals surface area contributed by atoms with Crippen LogP contribution in [0, 0.1) is 10.7 Å². The van der Waals surface area contributed by atoms with Crippen molar-refractivity contribution >= 4 is 12.2 Å². The molecule has 2 atom stereocenters. The zero-order chi connectivity index (χ0) is 12.5. The summed E-state index contributed by atoms with van der Waals surface area (Å²) in [7, 11) is 0. The maximum absolute atomic E-state index is 5.13. The van der Waals surface area contributed by atoms with Crippen molar-refractivity contribution in [2.75, 3.05) is 13.1 Å². The molecule has 1 aromatic rings. The monoisotopic (exact) mass is 263 g/mol. The first kappa shape index (κ1) is 12.3. The highest BCUT2D eigenvalue weighted by molar-refractivity contribution is 7.71. The molecule has 1 aliphatic heterocycles. The number of fused-ring (bicyclic) bond motifs is 2. The molecule has 0 saturated carbocycles. The Balaban J connectivity index is 1.87. The van der Waals surface area contributed by atoms with Crippen LogP contribution in [0.4, 0.5) is 0 Å². The molecule has 2 heterocycles. The van der Waals surface area contributed by atoms with Crippen LogP contribution in [0.2, 0.25) is 0 Å². The minimum Gasteiger partial charge on any atom is -0.334 e. The number of hydrogen-bond acceptors (Lipinski definition) is 3. The third kappa shape index (κ3) is 2.24. The van der Waals surface area contributed by atoms with Crippen molar-refractivity contribution in [3.8, 4) is 0 Å². The fourth-order valence-electron chi connectivity index (χ4n) is 3.61. The predicted octanol–water partition coefficient (Wildman–Crippen LogP) is 2.73. The molecule has 1 aromatic heterocycles. The summed E-state index contributed by atoms with van der Waals surface area (Å²) < 4.78 is 0.633. The first-order valence-electron chi connectivity index (χ1n) is 7.09. The van der Waals surface area contributed by atoms with E-state index in [9.17, 15) is 0 Å². The van der Waals surface area contributed by atoms with E-state index >= 15 is 0 Å². The number of H-pyrrole nitrogens is 1. The van der Waals surface area contributed by atoms with E-state index < -0.39 is 0 Å². The standard InChI is InChI=1S/C14H21N3S/c1-2-5-17-6-3-4-10-7-12-11(8-13(10)17)9-15-14(18)16-12/h9-10,13H,2-8H2,1H3,(H,15,16,18)/t10-,13-/m1/s1. The molecule has 18 heavy (non-hydrogen) atoms. The number of hydrogen-bond donors (Lipinski definition) is 1. The number of nitrogens with zero attached hydrogens (tertiary/aromatic N) is 2. The summed E-state index contributed by atoms with van der Waals surface area (Å²) >= 11 is 5.13. The summed E-state index contributed by atoms with van der Waals surface area (Å²) in [5.41, 5.74) is 2.72. The normalized spacial score (nSPS) is 27.6. The molecule has 0 spiro atoms. The van der Waals surface area contributed by atoms with Gasteiger partial charge in [-0.2, -0.15) is 0 Å². The van der Waals surface area contributed by atoms with Crippen LogP contribution in [-0.4, -0.2) is 34.0 Å². The number of likely N-dealkylation sites (tertiary alicyclic amines) is 1. The van der Waals surface area contributed by atoms with Gasteiger partial charge in [-0.3, -0.25) is 4.90 Å². The molecule has 2 aliphatic rings. The Labute approximate surface area is 114 Å². The molecule has 0 unspecified atom stereocenters. The summed E-state index contributed by atoms with van der Waals surface area (Å²) in [5.74, 6) is 0.811. The highest BCUT2D eigenvalue weighted by Crippen LogP contribution is 2.33. The number of piperidine rings is 1. The third-order valence-corrected chi connectivity index (χ3v) is 4.63. The number of nitrogens with one attached hydrogen (secondary N) is 1. The SMILES string of the molecule is CCCN1CCC[C@@H]2Cc3[nH]c(=S)ncc3C[C@H]21. The largest absolute Gasteiger partial charge is 0.334 e. The van der Waals surface area contributed by atoms with Gasteiger partial charge in [-0.15, -0.1) is 0 Å². The molecule has 4 heteroatoms. The van der Waals surface area contributed by atoms with Crippen molar-refractivity contribution in [1.82, 2.24) is 14.9 Å². The minimum atomic E-state index is 0.633. The number of aromatic amines is 1. The predicted molar refractivity (Wildman–Crippen MR) is 75.2 cm³/mol. The summed E-state index contributed by atoms with van der Waals surface area (Å²) in [5, 5.41) is 0. The number of aromatic nitrogens is 2. The smallest absolute Gasteiger partial charge is 0.196 e. The average Bonchev–Trinajstić information content (AvgIpc) is 2.37. The summed E-state index contributed by atoms with van der Waals surface area (Å²) in [6, 6.07) is 0.734. The van der Waals surface area contributed by atoms with Crippen LogP contribution in [-0.2, 0) is 12.8 Å². The van der Waals surface area contributed by atoms with Gasteiger partial charge in [-0.25, -0.2) is 4.98 Å². The van der Waals surface area contributed by atoms with E-state index in [4.69, 9.17) is 12.2 Å². The lowest BCUT2D eigenvalue weighted by atomic mass is 9.77. The van der Waals surface area contributed by atoms with Gasteiger partial charge >= 0.3 is 0 Å². The Morgan fingerprint density at radius 3 is 3.22 bits per heavy atom. The second-order valence-corrected chi connectivity index (χ2v) is 5.99. The lowest BCUT2D eigenvalue weighted by molar-refractivity contribution is 0.0844. The first-order valence-corrected chi connectivity index (χ1v) is 7.50. The maximum Gasteiger partial charge on any atom is 0.196 e. The molecule has 3 rings (SSSR count). The summed E-state index contributed by atoms with van der Waals surface area (Å²) in [6.45, 7) is 4.80. The van der Waals surface area contributed by atoms with Crippen LogP contribution >= 0.6 is 12.2 Å².